The smallest absolute Gasteiger partial charge is 0.224 e. The molecule has 112 valence electrons. The second-order valence-corrected chi connectivity index (χ2v) is 5.14. The van der Waals surface area contributed by atoms with E-state index in [-0.39, 0.29) is 17.2 Å². The number of ketones is 1. The number of hydrogen-bond acceptors (Lipinski definition) is 3. The zero-order chi connectivity index (χ0) is 15.7. The van der Waals surface area contributed by atoms with Crippen LogP contribution in [-0.2, 0) is 11.2 Å². The minimum atomic E-state index is -0.602. The van der Waals surface area contributed by atoms with E-state index in [1.165, 1.54) is 19.1 Å². The van der Waals surface area contributed by atoms with Gasteiger partial charge in [0.15, 0.2) is 5.78 Å². The lowest BCUT2D eigenvalue weighted by Gasteiger charge is -2.18. The maximum absolute atomic E-state index is 13.8. The average Bonchev–Trinajstić information content (AvgIpc) is 2.47. The molecule has 0 unspecified atom stereocenters. The van der Waals surface area contributed by atoms with E-state index < -0.39 is 11.6 Å². The predicted octanol–water partition coefficient (Wildman–Crippen LogP) is 3.71. The third-order valence-electron chi connectivity index (χ3n) is 3.53. The minimum Gasteiger partial charge on any atom is -0.456 e. The number of rotatable bonds is 3. The molecule has 1 aliphatic heterocycles. The first-order valence-electron chi connectivity index (χ1n) is 6.94. The first-order chi connectivity index (χ1) is 10.5. The first kappa shape index (κ1) is 14.3. The number of nitrogens with one attached hydrogen (secondary N) is 1. The van der Waals surface area contributed by atoms with Gasteiger partial charge in [-0.15, -0.1) is 0 Å². The molecule has 2 aromatic carbocycles. The van der Waals surface area contributed by atoms with E-state index in [0.29, 0.717) is 18.6 Å². The van der Waals surface area contributed by atoms with Gasteiger partial charge in [-0.25, -0.2) is 4.39 Å². The van der Waals surface area contributed by atoms with Crippen molar-refractivity contribution in [3.8, 4) is 11.5 Å². The van der Waals surface area contributed by atoms with E-state index in [2.05, 4.69) is 5.32 Å². The van der Waals surface area contributed by atoms with Gasteiger partial charge in [0.05, 0.1) is 5.56 Å². The highest BCUT2D eigenvalue weighted by atomic mass is 19.1. The molecule has 0 atom stereocenters. The van der Waals surface area contributed by atoms with E-state index in [1.54, 1.807) is 24.3 Å². The maximum Gasteiger partial charge on any atom is 0.224 e. The lowest BCUT2D eigenvalue weighted by Crippen LogP contribution is -2.18. The van der Waals surface area contributed by atoms with Gasteiger partial charge in [-0.1, -0.05) is 6.07 Å². The Morgan fingerprint density at radius 1 is 1.23 bits per heavy atom. The number of anilines is 1. The lowest BCUT2D eigenvalue weighted by molar-refractivity contribution is -0.116. The summed E-state index contributed by atoms with van der Waals surface area (Å²) in [6, 6.07) is 9.50. The van der Waals surface area contributed by atoms with Crippen molar-refractivity contribution in [3.05, 3.63) is 53.3 Å². The molecule has 0 bridgehead atoms. The van der Waals surface area contributed by atoms with Crippen molar-refractivity contribution in [3.63, 3.8) is 0 Å². The largest absolute Gasteiger partial charge is 0.456 e. The molecule has 0 fully saturated rings. The fourth-order valence-corrected chi connectivity index (χ4v) is 2.48. The Balaban J connectivity index is 1.93. The van der Waals surface area contributed by atoms with Crippen LogP contribution in [0.2, 0.25) is 0 Å². The van der Waals surface area contributed by atoms with Crippen molar-refractivity contribution in [1.29, 1.82) is 0 Å². The number of amides is 1. The number of hydrogen-bond donors (Lipinski definition) is 1. The Hall–Kier alpha value is -2.69. The molecule has 0 spiro atoms. The fourth-order valence-electron chi connectivity index (χ4n) is 2.48. The summed E-state index contributed by atoms with van der Waals surface area (Å²) in [5.41, 5.74) is 1.65. The molecule has 0 radical (unpaired) electrons. The molecule has 4 nitrogen and oxygen atoms in total. The maximum atomic E-state index is 13.8. The van der Waals surface area contributed by atoms with E-state index in [1.807, 2.05) is 0 Å². The number of benzene rings is 2. The summed E-state index contributed by atoms with van der Waals surface area (Å²) in [5, 5.41) is 2.78. The summed E-state index contributed by atoms with van der Waals surface area (Å²) in [6.07, 6.45) is 1.05. The van der Waals surface area contributed by atoms with Gasteiger partial charge < -0.3 is 10.1 Å². The highest BCUT2D eigenvalue weighted by molar-refractivity contribution is 5.97. The number of Topliss-reactive ketones (excluding diaryl/α,β-unsaturated/α-hetero) is 1. The Morgan fingerprint density at radius 2 is 2.05 bits per heavy atom. The number of carbonyl (C=O) groups excluding carboxylic acids is 2. The number of ether oxygens (including phenoxy) is 1. The molecule has 1 aliphatic rings. The van der Waals surface area contributed by atoms with Crippen LogP contribution in [0.5, 0.6) is 11.5 Å². The second-order valence-electron chi connectivity index (χ2n) is 5.14. The van der Waals surface area contributed by atoms with Crippen LogP contribution in [0.4, 0.5) is 10.1 Å². The van der Waals surface area contributed by atoms with Crippen LogP contribution in [0.15, 0.2) is 36.4 Å². The van der Waals surface area contributed by atoms with Crippen LogP contribution in [0, 0.1) is 5.82 Å². The van der Waals surface area contributed by atoms with Gasteiger partial charge in [0.1, 0.15) is 17.3 Å². The van der Waals surface area contributed by atoms with E-state index in [4.69, 9.17) is 4.74 Å². The SMILES string of the molecule is CC(=O)c1c(F)cccc1Oc1ccc2c(c1)CCC(=O)N2. The summed E-state index contributed by atoms with van der Waals surface area (Å²) in [4.78, 5) is 22.9. The highest BCUT2D eigenvalue weighted by Crippen LogP contribution is 2.32. The first-order valence-corrected chi connectivity index (χ1v) is 6.94. The molecule has 0 aromatic heterocycles. The number of fused-ring (bicyclic) bond motifs is 1. The standard InChI is InChI=1S/C17H14FNO3/c1-10(20)17-13(18)3-2-4-15(17)22-12-6-7-14-11(9-12)5-8-16(21)19-14/h2-4,6-7,9H,5,8H2,1H3,(H,19,21). The van der Waals surface area contributed by atoms with E-state index in [0.717, 1.165) is 11.3 Å². The molecule has 1 N–H and O–H groups in total. The van der Waals surface area contributed by atoms with Crippen LogP contribution in [-0.4, -0.2) is 11.7 Å². The summed E-state index contributed by atoms with van der Waals surface area (Å²) >= 11 is 0. The fraction of sp³-hybridized carbons (Fsp3) is 0.176. The van der Waals surface area contributed by atoms with Crippen LogP contribution in [0.25, 0.3) is 0 Å². The summed E-state index contributed by atoms with van der Waals surface area (Å²) in [6.45, 7) is 1.30. The molecular weight excluding hydrogens is 285 g/mol. The van der Waals surface area contributed by atoms with Crippen LogP contribution in [0.3, 0.4) is 0 Å². The van der Waals surface area contributed by atoms with Gasteiger partial charge in [-0.05, 0) is 49.2 Å². The number of aryl methyl sites for hydroxylation is 1. The van der Waals surface area contributed by atoms with Gasteiger partial charge in [0.2, 0.25) is 5.91 Å². The molecule has 5 heteroatoms. The highest BCUT2D eigenvalue weighted by Gasteiger charge is 2.17. The molecule has 0 saturated carbocycles. The Labute approximate surface area is 126 Å². The summed E-state index contributed by atoms with van der Waals surface area (Å²) < 4.78 is 19.4. The minimum absolute atomic E-state index is 0.00911. The predicted molar refractivity (Wildman–Crippen MR) is 79.9 cm³/mol. The van der Waals surface area contributed by atoms with Crippen molar-refractivity contribution in [2.75, 3.05) is 5.32 Å². The molecule has 1 amide bonds. The zero-order valence-corrected chi connectivity index (χ0v) is 12.0. The van der Waals surface area contributed by atoms with Gasteiger partial charge in [-0.2, -0.15) is 0 Å². The van der Waals surface area contributed by atoms with Crippen LogP contribution in [0.1, 0.15) is 29.3 Å². The van der Waals surface area contributed by atoms with Crippen LogP contribution < -0.4 is 10.1 Å². The van der Waals surface area contributed by atoms with Crippen LogP contribution >= 0.6 is 0 Å². The van der Waals surface area contributed by atoms with Gasteiger partial charge in [-0.3, -0.25) is 9.59 Å². The average molecular weight is 299 g/mol. The Kier molecular flexibility index (Phi) is 3.63. The van der Waals surface area contributed by atoms with Crippen molar-refractivity contribution >= 4 is 17.4 Å². The quantitative estimate of drug-likeness (QED) is 0.879. The lowest BCUT2D eigenvalue weighted by atomic mass is 10.0. The molecule has 1 heterocycles. The third-order valence-corrected chi connectivity index (χ3v) is 3.53. The summed E-state index contributed by atoms with van der Waals surface area (Å²) in [7, 11) is 0. The molecular formula is C17H14FNO3. The molecule has 0 aliphatic carbocycles. The number of halogens is 1. The van der Waals surface area contributed by atoms with Gasteiger partial charge in [0, 0.05) is 12.1 Å². The van der Waals surface area contributed by atoms with Crippen molar-refractivity contribution < 1.29 is 18.7 Å². The monoisotopic (exact) mass is 299 g/mol. The molecule has 22 heavy (non-hydrogen) atoms. The summed E-state index contributed by atoms with van der Waals surface area (Å²) in [5.74, 6) is -0.311. The molecule has 2 aromatic rings. The van der Waals surface area contributed by atoms with E-state index in [9.17, 15) is 14.0 Å². The van der Waals surface area contributed by atoms with Gasteiger partial charge in [0.25, 0.3) is 0 Å². The third kappa shape index (κ3) is 2.70. The van der Waals surface area contributed by atoms with E-state index >= 15 is 0 Å². The zero-order valence-electron chi connectivity index (χ0n) is 12.0. The topological polar surface area (TPSA) is 55.4 Å². The van der Waals surface area contributed by atoms with Gasteiger partial charge >= 0.3 is 0 Å². The normalized spacial score (nSPS) is 13.3. The molecule has 0 saturated heterocycles. The Bertz CT molecular complexity index is 770. The Morgan fingerprint density at radius 3 is 2.82 bits per heavy atom. The van der Waals surface area contributed by atoms with Crippen molar-refractivity contribution in [2.45, 2.75) is 19.8 Å². The van der Waals surface area contributed by atoms with Crippen molar-refractivity contribution in [1.82, 2.24) is 0 Å². The second kappa shape index (κ2) is 5.60. The van der Waals surface area contributed by atoms with Crippen molar-refractivity contribution in [2.24, 2.45) is 0 Å². The molecule has 3 rings (SSSR count). The number of carbonyl (C=O) groups is 2.